The number of nitrogens with two attached hydrogens (primary N) is 1. The summed E-state index contributed by atoms with van der Waals surface area (Å²) in [6.07, 6.45) is 5.30. The molecule has 1 amide bonds. The quantitative estimate of drug-likeness (QED) is 0.806. The SMILES string of the molecule is Nc1nccc2cc(C(=O)NC3CC3)cnc12. The Balaban J connectivity index is 1.98. The number of anilines is 1. The fourth-order valence-electron chi connectivity index (χ4n) is 1.70. The maximum atomic E-state index is 11.8. The zero-order chi connectivity index (χ0) is 11.8. The van der Waals surface area contributed by atoms with E-state index in [1.807, 2.05) is 0 Å². The first-order valence-corrected chi connectivity index (χ1v) is 5.55. The lowest BCUT2D eigenvalue weighted by molar-refractivity contribution is 0.0951. The van der Waals surface area contributed by atoms with E-state index in [2.05, 4.69) is 15.3 Å². The highest BCUT2D eigenvalue weighted by molar-refractivity contribution is 5.98. The Morgan fingerprint density at radius 2 is 2.24 bits per heavy atom. The topological polar surface area (TPSA) is 80.9 Å². The van der Waals surface area contributed by atoms with Crippen molar-refractivity contribution in [2.75, 3.05) is 5.73 Å². The number of hydrogen-bond acceptors (Lipinski definition) is 4. The molecule has 1 fully saturated rings. The van der Waals surface area contributed by atoms with Crippen molar-refractivity contribution >= 4 is 22.6 Å². The maximum absolute atomic E-state index is 11.8. The zero-order valence-corrected chi connectivity index (χ0v) is 9.18. The van der Waals surface area contributed by atoms with Crippen LogP contribution in [0.2, 0.25) is 0 Å². The van der Waals surface area contributed by atoms with Crippen molar-refractivity contribution in [2.45, 2.75) is 18.9 Å². The number of pyridine rings is 2. The molecule has 3 N–H and O–H groups in total. The Labute approximate surface area is 98.1 Å². The Hall–Kier alpha value is -2.17. The van der Waals surface area contributed by atoms with E-state index in [9.17, 15) is 4.79 Å². The van der Waals surface area contributed by atoms with Crippen LogP contribution in [0.1, 0.15) is 23.2 Å². The highest BCUT2D eigenvalue weighted by Gasteiger charge is 2.23. The smallest absolute Gasteiger partial charge is 0.253 e. The van der Waals surface area contributed by atoms with Crippen LogP contribution >= 0.6 is 0 Å². The van der Waals surface area contributed by atoms with Crippen molar-refractivity contribution in [2.24, 2.45) is 0 Å². The van der Waals surface area contributed by atoms with Gasteiger partial charge in [-0.1, -0.05) is 0 Å². The first kappa shape index (κ1) is 10.0. The number of carbonyl (C=O) groups is 1. The summed E-state index contributed by atoms with van der Waals surface area (Å²) in [5.41, 5.74) is 6.90. The summed E-state index contributed by atoms with van der Waals surface area (Å²) in [5, 5.41) is 3.76. The lowest BCUT2D eigenvalue weighted by Crippen LogP contribution is -2.25. The lowest BCUT2D eigenvalue weighted by atomic mass is 10.2. The Bertz CT molecular complexity index is 592. The van der Waals surface area contributed by atoms with Crippen LogP contribution in [-0.2, 0) is 0 Å². The molecule has 1 saturated carbocycles. The van der Waals surface area contributed by atoms with Crippen molar-refractivity contribution in [3.05, 3.63) is 30.1 Å². The van der Waals surface area contributed by atoms with Gasteiger partial charge in [0.15, 0.2) is 0 Å². The van der Waals surface area contributed by atoms with E-state index >= 15 is 0 Å². The van der Waals surface area contributed by atoms with E-state index < -0.39 is 0 Å². The molecule has 0 bridgehead atoms. The molecule has 0 aromatic carbocycles. The molecular weight excluding hydrogens is 216 g/mol. The molecular formula is C12H12N4O. The number of carbonyl (C=O) groups excluding carboxylic acids is 1. The van der Waals surface area contributed by atoms with E-state index in [1.165, 1.54) is 6.20 Å². The average molecular weight is 228 g/mol. The summed E-state index contributed by atoms with van der Waals surface area (Å²) < 4.78 is 0. The molecule has 0 spiro atoms. The Morgan fingerprint density at radius 1 is 1.41 bits per heavy atom. The minimum Gasteiger partial charge on any atom is -0.382 e. The van der Waals surface area contributed by atoms with Crippen LogP contribution in [-0.4, -0.2) is 21.9 Å². The Kier molecular flexibility index (Phi) is 2.18. The number of hydrogen-bond donors (Lipinski definition) is 2. The van der Waals surface area contributed by atoms with Crippen molar-refractivity contribution in [1.82, 2.24) is 15.3 Å². The summed E-state index contributed by atoms with van der Waals surface area (Å²) in [5.74, 6) is 0.314. The highest BCUT2D eigenvalue weighted by atomic mass is 16.1. The van der Waals surface area contributed by atoms with E-state index in [-0.39, 0.29) is 5.91 Å². The van der Waals surface area contributed by atoms with Gasteiger partial charge in [0.2, 0.25) is 0 Å². The Morgan fingerprint density at radius 3 is 3.00 bits per heavy atom. The number of nitrogen functional groups attached to an aromatic ring is 1. The standard InChI is InChI=1S/C12H12N4O/c13-11-10-7(3-4-14-11)5-8(6-15-10)12(17)16-9-1-2-9/h3-6,9H,1-2H2,(H2,13,14)(H,16,17). The van der Waals surface area contributed by atoms with Crippen LogP contribution in [0, 0.1) is 0 Å². The van der Waals surface area contributed by atoms with Gasteiger partial charge in [0.1, 0.15) is 11.3 Å². The van der Waals surface area contributed by atoms with Gasteiger partial charge in [0, 0.05) is 23.8 Å². The fourth-order valence-corrected chi connectivity index (χ4v) is 1.70. The van der Waals surface area contributed by atoms with Gasteiger partial charge in [0.05, 0.1) is 5.56 Å². The third-order valence-electron chi connectivity index (χ3n) is 2.80. The van der Waals surface area contributed by atoms with Crippen LogP contribution in [0.15, 0.2) is 24.5 Å². The summed E-state index contributed by atoms with van der Waals surface area (Å²) in [4.78, 5) is 20.0. The zero-order valence-electron chi connectivity index (χ0n) is 9.18. The molecule has 3 rings (SSSR count). The molecule has 1 aliphatic carbocycles. The summed E-state index contributed by atoms with van der Waals surface area (Å²) in [7, 11) is 0. The third-order valence-corrected chi connectivity index (χ3v) is 2.80. The van der Waals surface area contributed by atoms with E-state index in [0.717, 1.165) is 18.2 Å². The van der Waals surface area contributed by atoms with Crippen LogP contribution < -0.4 is 11.1 Å². The number of rotatable bonds is 2. The molecule has 2 aromatic rings. The molecule has 5 heteroatoms. The highest BCUT2D eigenvalue weighted by Crippen LogP contribution is 2.20. The second kappa shape index (κ2) is 3.69. The number of amides is 1. The summed E-state index contributed by atoms with van der Waals surface area (Å²) in [6.45, 7) is 0. The molecule has 1 aliphatic rings. The van der Waals surface area contributed by atoms with Gasteiger partial charge in [-0.3, -0.25) is 9.78 Å². The van der Waals surface area contributed by atoms with E-state index in [0.29, 0.717) is 22.9 Å². The van der Waals surface area contributed by atoms with Gasteiger partial charge in [-0.2, -0.15) is 0 Å². The van der Waals surface area contributed by atoms with Gasteiger partial charge in [0.25, 0.3) is 5.91 Å². The van der Waals surface area contributed by atoms with Crippen LogP contribution in [0.25, 0.3) is 10.9 Å². The summed E-state index contributed by atoms with van der Waals surface area (Å²) >= 11 is 0. The fraction of sp³-hybridized carbons (Fsp3) is 0.250. The molecule has 86 valence electrons. The van der Waals surface area contributed by atoms with Gasteiger partial charge >= 0.3 is 0 Å². The molecule has 0 unspecified atom stereocenters. The van der Waals surface area contributed by atoms with Crippen LogP contribution in [0.4, 0.5) is 5.82 Å². The van der Waals surface area contributed by atoms with Gasteiger partial charge in [-0.25, -0.2) is 4.98 Å². The van der Waals surface area contributed by atoms with Crippen LogP contribution in [0.5, 0.6) is 0 Å². The second-order valence-corrected chi connectivity index (χ2v) is 4.24. The molecule has 2 aromatic heterocycles. The minimum absolute atomic E-state index is 0.0720. The van der Waals surface area contributed by atoms with E-state index in [4.69, 9.17) is 5.73 Å². The molecule has 2 heterocycles. The van der Waals surface area contributed by atoms with Gasteiger partial charge in [-0.05, 0) is 25.0 Å². The predicted molar refractivity (Wildman–Crippen MR) is 64.4 cm³/mol. The van der Waals surface area contributed by atoms with Crippen molar-refractivity contribution in [1.29, 1.82) is 0 Å². The lowest BCUT2D eigenvalue weighted by Gasteiger charge is -2.05. The van der Waals surface area contributed by atoms with Crippen LogP contribution in [0.3, 0.4) is 0 Å². The normalized spacial score (nSPS) is 14.8. The number of aromatic nitrogens is 2. The second-order valence-electron chi connectivity index (χ2n) is 4.24. The largest absolute Gasteiger partial charge is 0.382 e. The maximum Gasteiger partial charge on any atom is 0.253 e. The van der Waals surface area contributed by atoms with Crippen molar-refractivity contribution in [3.8, 4) is 0 Å². The first-order valence-electron chi connectivity index (χ1n) is 5.55. The van der Waals surface area contributed by atoms with E-state index in [1.54, 1.807) is 18.3 Å². The molecule has 17 heavy (non-hydrogen) atoms. The summed E-state index contributed by atoms with van der Waals surface area (Å²) in [6, 6.07) is 3.94. The molecule has 0 aliphatic heterocycles. The average Bonchev–Trinajstić information content (AvgIpc) is 3.13. The third kappa shape index (κ3) is 1.91. The van der Waals surface area contributed by atoms with Crippen molar-refractivity contribution < 1.29 is 4.79 Å². The minimum atomic E-state index is -0.0720. The molecule has 0 radical (unpaired) electrons. The number of nitrogens with one attached hydrogen (secondary N) is 1. The van der Waals surface area contributed by atoms with Gasteiger partial charge in [-0.15, -0.1) is 0 Å². The monoisotopic (exact) mass is 228 g/mol. The molecule has 0 atom stereocenters. The van der Waals surface area contributed by atoms with Gasteiger partial charge < -0.3 is 11.1 Å². The number of fused-ring (bicyclic) bond motifs is 1. The van der Waals surface area contributed by atoms with Crippen molar-refractivity contribution in [3.63, 3.8) is 0 Å². The predicted octanol–water partition coefficient (Wildman–Crippen LogP) is 1.10. The molecule has 0 saturated heterocycles. The molecule has 5 nitrogen and oxygen atoms in total. The number of nitrogens with zero attached hydrogens (tertiary/aromatic N) is 2. The first-order chi connectivity index (χ1) is 8.24.